The van der Waals surface area contributed by atoms with E-state index in [1.807, 2.05) is 0 Å². The van der Waals surface area contributed by atoms with Gasteiger partial charge in [0.1, 0.15) is 6.04 Å². The number of amides is 2. The van der Waals surface area contributed by atoms with Gasteiger partial charge < -0.3 is 21.9 Å². The second-order valence-corrected chi connectivity index (χ2v) is 4.39. The van der Waals surface area contributed by atoms with Crippen molar-refractivity contribution in [1.29, 1.82) is 0 Å². The van der Waals surface area contributed by atoms with E-state index in [2.05, 4.69) is 5.32 Å². The molecule has 0 unspecified atom stereocenters. The number of carbonyl (C=O) groups excluding carboxylic acids is 2. The van der Waals surface area contributed by atoms with E-state index in [9.17, 15) is 14.4 Å². The van der Waals surface area contributed by atoms with Crippen LogP contribution >= 0.6 is 0 Å². The molecule has 7 nitrogen and oxygen atoms in total. The molecule has 6 N–H and O–H groups in total. The number of primary amides is 1. The first kappa shape index (κ1) is 15.5. The minimum atomic E-state index is -1.20. The number of aliphatic carboxylic acids is 1. The predicted octanol–water partition coefficient (Wildman–Crippen LogP) is -0.354. The van der Waals surface area contributed by atoms with Crippen molar-refractivity contribution in [3.05, 3.63) is 29.8 Å². The predicted molar refractivity (Wildman–Crippen MR) is 72.6 cm³/mol. The molecule has 0 heterocycles. The van der Waals surface area contributed by atoms with Crippen LogP contribution in [0.1, 0.15) is 18.4 Å². The highest BCUT2D eigenvalue weighted by Gasteiger charge is 2.20. The SMILES string of the molecule is NC(=O)CC[C@H](NC(=O)Cc1cccc(N)c1)C(=O)O. The Labute approximate surface area is 115 Å². The van der Waals surface area contributed by atoms with Gasteiger partial charge in [-0.2, -0.15) is 0 Å². The van der Waals surface area contributed by atoms with Gasteiger partial charge in [-0.05, 0) is 24.1 Å². The average molecular weight is 279 g/mol. The molecule has 0 spiro atoms. The third-order valence-electron chi connectivity index (χ3n) is 2.63. The normalized spacial score (nSPS) is 11.6. The zero-order valence-electron chi connectivity index (χ0n) is 10.8. The summed E-state index contributed by atoms with van der Waals surface area (Å²) in [6, 6.07) is 5.62. The van der Waals surface area contributed by atoms with Crippen LogP contribution in [0.15, 0.2) is 24.3 Å². The summed E-state index contributed by atoms with van der Waals surface area (Å²) in [5.74, 6) is -2.26. The molecule has 1 rings (SSSR count). The molecule has 0 saturated heterocycles. The number of carboxylic acid groups (broad SMARTS) is 1. The first-order valence-corrected chi connectivity index (χ1v) is 6.03. The van der Waals surface area contributed by atoms with Crippen LogP contribution in [0.4, 0.5) is 5.69 Å². The molecule has 1 aromatic rings. The molecule has 2 amide bonds. The topological polar surface area (TPSA) is 136 Å². The highest BCUT2D eigenvalue weighted by atomic mass is 16.4. The summed E-state index contributed by atoms with van der Waals surface area (Å²) < 4.78 is 0. The number of nitrogens with two attached hydrogens (primary N) is 2. The number of carboxylic acids is 1. The number of rotatable bonds is 7. The van der Waals surface area contributed by atoms with Gasteiger partial charge in [0.2, 0.25) is 11.8 Å². The Hall–Kier alpha value is -2.57. The molecule has 1 atom stereocenters. The van der Waals surface area contributed by atoms with Crippen LogP contribution in [0.3, 0.4) is 0 Å². The van der Waals surface area contributed by atoms with Gasteiger partial charge in [0.05, 0.1) is 6.42 Å². The number of anilines is 1. The molecule has 0 aliphatic heterocycles. The first-order chi connectivity index (χ1) is 9.38. The monoisotopic (exact) mass is 279 g/mol. The van der Waals surface area contributed by atoms with Crippen LogP contribution in [0, 0.1) is 0 Å². The Balaban J connectivity index is 2.57. The molecular weight excluding hydrogens is 262 g/mol. The summed E-state index contributed by atoms with van der Waals surface area (Å²) in [7, 11) is 0. The smallest absolute Gasteiger partial charge is 0.326 e. The molecule has 0 bridgehead atoms. The first-order valence-electron chi connectivity index (χ1n) is 6.03. The average Bonchev–Trinajstić information content (AvgIpc) is 2.33. The van der Waals surface area contributed by atoms with E-state index >= 15 is 0 Å². The molecule has 0 aliphatic rings. The largest absolute Gasteiger partial charge is 0.480 e. The quantitative estimate of drug-likeness (QED) is 0.506. The van der Waals surface area contributed by atoms with E-state index in [1.165, 1.54) is 0 Å². The second kappa shape index (κ2) is 7.13. The minimum absolute atomic E-state index is 0.0192. The van der Waals surface area contributed by atoms with Crippen molar-refractivity contribution in [2.45, 2.75) is 25.3 Å². The number of carbonyl (C=O) groups is 3. The van der Waals surface area contributed by atoms with Crippen molar-refractivity contribution < 1.29 is 19.5 Å². The van der Waals surface area contributed by atoms with E-state index in [0.717, 1.165) is 0 Å². The molecule has 0 aromatic heterocycles. The van der Waals surface area contributed by atoms with Gasteiger partial charge in [0, 0.05) is 12.1 Å². The van der Waals surface area contributed by atoms with Crippen LogP contribution in [0.2, 0.25) is 0 Å². The van der Waals surface area contributed by atoms with Crippen molar-refractivity contribution in [2.75, 3.05) is 5.73 Å². The zero-order valence-corrected chi connectivity index (χ0v) is 10.8. The Bertz CT molecular complexity index is 516. The number of benzene rings is 1. The lowest BCUT2D eigenvalue weighted by Gasteiger charge is -2.13. The Morgan fingerprint density at radius 3 is 2.55 bits per heavy atom. The molecule has 1 aromatic carbocycles. The van der Waals surface area contributed by atoms with Crippen molar-refractivity contribution in [1.82, 2.24) is 5.32 Å². The molecule has 108 valence electrons. The van der Waals surface area contributed by atoms with Gasteiger partial charge in [-0.25, -0.2) is 4.79 Å². The summed E-state index contributed by atoms with van der Waals surface area (Å²) in [5, 5.41) is 11.3. The van der Waals surface area contributed by atoms with Gasteiger partial charge in [-0.15, -0.1) is 0 Å². The standard InChI is InChI=1S/C13H17N3O4/c14-9-3-1-2-8(6-9)7-12(18)16-10(13(19)20)4-5-11(15)17/h1-3,6,10H,4-5,7,14H2,(H2,15,17)(H,16,18)(H,19,20)/t10-/m0/s1. The lowest BCUT2D eigenvalue weighted by atomic mass is 10.1. The fourth-order valence-electron chi connectivity index (χ4n) is 1.68. The number of hydrogen-bond acceptors (Lipinski definition) is 4. The van der Waals surface area contributed by atoms with Crippen LogP contribution in [-0.2, 0) is 20.8 Å². The van der Waals surface area contributed by atoms with Crippen LogP contribution < -0.4 is 16.8 Å². The van der Waals surface area contributed by atoms with Crippen LogP contribution in [-0.4, -0.2) is 28.9 Å². The summed E-state index contributed by atoms with van der Waals surface area (Å²) in [6.07, 6.45) is -0.117. The Morgan fingerprint density at radius 2 is 2.00 bits per heavy atom. The Kier molecular flexibility index (Phi) is 5.52. The molecule has 0 aliphatic carbocycles. The van der Waals surface area contributed by atoms with Gasteiger partial charge in [0.15, 0.2) is 0 Å². The molecule has 20 heavy (non-hydrogen) atoms. The maximum Gasteiger partial charge on any atom is 0.326 e. The number of hydrogen-bond donors (Lipinski definition) is 4. The minimum Gasteiger partial charge on any atom is -0.480 e. The third kappa shape index (κ3) is 5.38. The highest BCUT2D eigenvalue weighted by Crippen LogP contribution is 2.07. The molecule has 0 saturated carbocycles. The van der Waals surface area contributed by atoms with E-state index in [0.29, 0.717) is 11.3 Å². The van der Waals surface area contributed by atoms with Gasteiger partial charge in [0.25, 0.3) is 0 Å². The highest BCUT2D eigenvalue weighted by molar-refractivity contribution is 5.85. The summed E-state index contributed by atoms with van der Waals surface area (Å²) in [6.45, 7) is 0. The van der Waals surface area contributed by atoms with Crippen LogP contribution in [0.5, 0.6) is 0 Å². The van der Waals surface area contributed by atoms with Gasteiger partial charge in [-0.1, -0.05) is 12.1 Å². The third-order valence-corrected chi connectivity index (χ3v) is 2.63. The van der Waals surface area contributed by atoms with E-state index in [-0.39, 0.29) is 19.3 Å². The maximum atomic E-state index is 11.8. The molecular formula is C13H17N3O4. The zero-order chi connectivity index (χ0) is 15.1. The van der Waals surface area contributed by atoms with Crippen LogP contribution in [0.25, 0.3) is 0 Å². The van der Waals surface area contributed by atoms with Gasteiger partial charge in [-0.3, -0.25) is 9.59 Å². The lowest BCUT2D eigenvalue weighted by molar-refractivity contribution is -0.142. The molecule has 0 fully saturated rings. The fraction of sp³-hybridized carbons (Fsp3) is 0.308. The molecule has 0 radical (unpaired) electrons. The second-order valence-electron chi connectivity index (χ2n) is 4.39. The summed E-state index contributed by atoms with van der Waals surface area (Å²) in [5.41, 5.74) is 11.7. The Morgan fingerprint density at radius 1 is 1.30 bits per heavy atom. The summed E-state index contributed by atoms with van der Waals surface area (Å²) in [4.78, 5) is 33.4. The van der Waals surface area contributed by atoms with Crippen molar-refractivity contribution in [3.63, 3.8) is 0 Å². The van der Waals surface area contributed by atoms with Crippen molar-refractivity contribution >= 4 is 23.5 Å². The lowest BCUT2D eigenvalue weighted by Crippen LogP contribution is -2.42. The van der Waals surface area contributed by atoms with Gasteiger partial charge >= 0.3 is 5.97 Å². The maximum absolute atomic E-state index is 11.8. The van der Waals surface area contributed by atoms with E-state index in [4.69, 9.17) is 16.6 Å². The van der Waals surface area contributed by atoms with E-state index in [1.54, 1.807) is 24.3 Å². The number of nitrogen functional groups attached to an aromatic ring is 1. The number of nitrogens with one attached hydrogen (secondary N) is 1. The van der Waals surface area contributed by atoms with Crippen molar-refractivity contribution in [3.8, 4) is 0 Å². The summed E-state index contributed by atoms with van der Waals surface area (Å²) >= 11 is 0. The van der Waals surface area contributed by atoms with E-state index < -0.39 is 23.8 Å². The fourth-order valence-corrected chi connectivity index (χ4v) is 1.68. The molecule has 7 heteroatoms. The van der Waals surface area contributed by atoms with Crippen molar-refractivity contribution in [2.24, 2.45) is 5.73 Å².